The number of thiazole rings is 1. The van der Waals surface area contributed by atoms with Gasteiger partial charge in [-0.1, -0.05) is 37.8 Å². The van der Waals surface area contributed by atoms with Gasteiger partial charge in [0, 0.05) is 48.2 Å². The molecule has 1 saturated heterocycles. The minimum atomic E-state index is -4.48. The number of likely N-dealkylation sites (tertiary alicyclic amines) is 1. The van der Waals surface area contributed by atoms with Crippen LogP contribution in [-0.4, -0.2) is 50.5 Å². The molecule has 7 rings (SSSR count). The first-order chi connectivity index (χ1) is 21.8. The number of benzene rings is 2. The molecule has 1 N–H and O–H groups in total. The average Bonchev–Trinajstić information content (AvgIpc) is 3.85. The Hall–Kier alpha value is -3.63. The van der Waals surface area contributed by atoms with Crippen molar-refractivity contribution < 1.29 is 13.2 Å². The van der Waals surface area contributed by atoms with Gasteiger partial charge < -0.3 is 19.7 Å². The number of hydrogen-bond donors (Lipinski definition) is 1. The number of aryl methyl sites for hydroxylation is 1. The molecule has 236 valence electrons. The molecule has 10 heteroatoms. The van der Waals surface area contributed by atoms with Crippen molar-refractivity contribution in [3.05, 3.63) is 94.5 Å². The Bertz CT molecular complexity index is 1650. The van der Waals surface area contributed by atoms with Crippen molar-refractivity contribution in [1.29, 1.82) is 0 Å². The van der Waals surface area contributed by atoms with Crippen LogP contribution in [0.1, 0.15) is 78.2 Å². The third kappa shape index (κ3) is 5.90. The second-order valence-corrected chi connectivity index (χ2v) is 13.3. The summed E-state index contributed by atoms with van der Waals surface area (Å²) in [6.45, 7) is 11.5. The number of nitrogens with one attached hydrogen (secondary N) is 1. The van der Waals surface area contributed by atoms with Crippen LogP contribution < -0.4 is 5.32 Å². The summed E-state index contributed by atoms with van der Waals surface area (Å²) in [6.07, 6.45) is 4.00. The number of aromatic nitrogens is 3. The van der Waals surface area contributed by atoms with Gasteiger partial charge in [0.25, 0.3) is 0 Å². The summed E-state index contributed by atoms with van der Waals surface area (Å²) < 4.78 is 46.3. The Morgan fingerprint density at radius 3 is 2.58 bits per heavy atom. The number of imidazole rings is 1. The molecule has 45 heavy (non-hydrogen) atoms. The summed E-state index contributed by atoms with van der Waals surface area (Å²) in [6, 6.07) is 11.2. The van der Waals surface area contributed by atoms with E-state index >= 15 is 0 Å². The molecule has 0 spiro atoms. The number of nitrogens with zero attached hydrogens (tertiary/aromatic N) is 5. The smallest absolute Gasteiger partial charge is 0.361 e. The summed E-state index contributed by atoms with van der Waals surface area (Å²) in [4.78, 5) is 13.6. The lowest BCUT2D eigenvalue weighted by Crippen LogP contribution is -2.32. The number of hydrogen-bond acceptors (Lipinski definition) is 6. The minimum Gasteiger partial charge on any atom is -0.361 e. The zero-order valence-corrected chi connectivity index (χ0v) is 26.4. The topological polar surface area (TPSA) is 49.2 Å². The highest BCUT2D eigenvalue weighted by Crippen LogP contribution is 2.47. The fraction of sp³-hybridized carbons (Fsp3) is 0.429. The van der Waals surface area contributed by atoms with E-state index in [-0.39, 0.29) is 12.6 Å². The van der Waals surface area contributed by atoms with Crippen LogP contribution in [0.25, 0.3) is 16.8 Å². The van der Waals surface area contributed by atoms with Crippen LogP contribution in [0.3, 0.4) is 0 Å². The molecule has 5 heterocycles. The number of fused-ring (bicyclic) bond motifs is 2. The number of anilines is 1. The monoisotopic (exact) mass is 632 g/mol. The average molecular weight is 633 g/mol. The van der Waals surface area contributed by atoms with Gasteiger partial charge in [-0.15, -0.1) is 11.3 Å². The molecule has 0 radical (unpaired) electrons. The number of rotatable bonds is 9. The van der Waals surface area contributed by atoms with Crippen molar-refractivity contribution in [1.82, 2.24) is 24.3 Å². The molecule has 6 nitrogen and oxygen atoms in total. The van der Waals surface area contributed by atoms with Gasteiger partial charge in [-0.05, 0) is 92.0 Å². The third-order valence-electron chi connectivity index (χ3n) is 9.90. The van der Waals surface area contributed by atoms with Crippen LogP contribution >= 0.6 is 11.3 Å². The van der Waals surface area contributed by atoms with Crippen molar-refractivity contribution >= 4 is 22.2 Å². The summed E-state index contributed by atoms with van der Waals surface area (Å²) in [7, 11) is 0. The highest BCUT2D eigenvalue weighted by atomic mass is 32.1. The van der Waals surface area contributed by atoms with E-state index in [0.29, 0.717) is 41.3 Å². The molecular weight excluding hydrogens is 593 g/mol. The molecule has 0 aliphatic carbocycles. The summed E-state index contributed by atoms with van der Waals surface area (Å²) in [5, 5.41) is 6.12. The lowest BCUT2D eigenvalue weighted by atomic mass is 9.88. The molecule has 0 saturated carbocycles. The van der Waals surface area contributed by atoms with Crippen LogP contribution in [-0.2, 0) is 25.7 Å². The normalized spacial score (nSPS) is 18.0. The molecule has 3 aliphatic rings. The Kier molecular flexibility index (Phi) is 8.20. The number of halogens is 3. The van der Waals surface area contributed by atoms with E-state index in [1.54, 1.807) is 6.20 Å². The lowest BCUT2D eigenvalue weighted by Gasteiger charge is -2.31. The van der Waals surface area contributed by atoms with Crippen LogP contribution in [0.2, 0.25) is 0 Å². The van der Waals surface area contributed by atoms with E-state index in [0.717, 1.165) is 68.3 Å². The standard InChI is InChI=1S/C35H39F3N6S/c1-3-42-16-11-26(12-17-42)24-6-8-25(9-7-24)27-19-28-23(2)44(21-29(28)30(20-27)35(36,37)38)32(10-13-39-34-40-14-18-45-34)33-31-5-4-15-43(31)22-41-33/h6-9,14,18-20,22,26,32H,2-5,10-13,15-17,21H2,1H3,(H,39,40). The molecule has 3 aliphatic heterocycles. The fourth-order valence-corrected chi connectivity index (χ4v) is 7.98. The molecule has 1 atom stereocenters. The van der Waals surface area contributed by atoms with Gasteiger partial charge in [-0.25, -0.2) is 9.97 Å². The van der Waals surface area contributed by atoms with Gasteiger partial charge in [0.05, 0.1) is 23.6 Å². The number of piperidine rings is 1. The predicted molar refractivity (Wildman–Crippen MR) is 174 cm³/mol. The van der Waals surface area contributed by atoms with Crippen LogP contribution in [0, 0.1) is 0 Å². The van der Waals surface area contributed by atoms with E-state index in [4.69, 9.17) is 4.98 Å². The third-order valence-corrected chi connectivity index (χ3v) is 10.6. The molecule has 1 fully saturated rings. The number of alkyl halides is 3. The van der Waals surface area contributed by atoms with E-state index < -0.39 is 11.7 Å². The molecule has 0 bridgehead atoms. The van der Waals surface area contributed by atoms with Crippen molar-refractivity contribution in [2.24, 2.45) is 0 Å². The Morgan fingerprint density at radius 1 is 1.07 bits per heavy atom. The molecule has 0 amide bonds. The maximum Gasteiger partial charge on any atom is 0.416 e. The van der Waals surface area contributed by atoms with Crippen LogP contribution in [0.15, 0.2) is 60.9 Å². The summed E-state index contributed by atoms with van der Waals surface area (Å²) in [5.41, 5.74) is 5.66. The summed E-state index contributed by atoms with van der Waals surface area (Å²) in [5.74, 6) is 0.493. The Morgan fingerprint density at radius 2 is 1.87 bits per heavy atom. The van der Waals surface area contributed by atoms with Crippen LogP contribution in [0.4, 0.5) is 18.3 Å². The van der Waals surface area contributed by atoms with Crippen LogP contribution in [0.5, 0.6) is 0 Å². The summed E-state index contributed by atoms with van der Waals surface area (Å²) >= 11 is 1.53. The van der Waals surface area contributed by atoms with Crippen molar-refractivity contribution in [2.75, 3.05) is 31.5 Å². The second kappa shape index (κ2) is 12.3. The van der Waals surface area contributed by atoms with Crippen molar-refractivity contribution in [3.63, 3.8) is 0 Å². The quantitative estimate of drug-likeness (QED) is 0.202. The second-order valence-electron chi connectivity index (χ2n) is 12.4. The maximum absolute atomic E-state index is 14.7. The lowest BCUT2D eigenvalue weighted by molar-refractivity contribution is -0.138. The Balaban J connectivity index is 1.19. The van der Waals surface area contributed by atoms with Gasteiger partial charge in [0.15, 0.2) is 5.13 Å². The van der Waals surface area contributed by atoms with Gasteiger partial charge in [-0.3, -0.25) is 0 Å². The Labute approximate surface area is 266 Å². The molecule has 4 aromatic rings. The SMILES string of the molecule is C=C1c2cc(-c3ccc(C4CCN(CC)CC4)cc3)cc(C(F)(F)F)c2CN1C(CCNc1nccs1)c1ncn2c1CCC2. The minimum absolute atomic E-state index is 0.146. The largest absolute Gasteiger partial charge is 0.416 e. The molecule has 1 unspecified atom stereocenters. The zero-order valence-electron chi connectivity index (χ0n) is 25.6. The van der Waals surface area contributed by atoms with Crippen molar-refractivity contribution in [3.8, 4) is 11.1 Å². The van der Waals surface area contributed by atoms with E-state index in [2.05, 4.69) is 45.4 Å². The van der Waals surface area contributed by atoms with Gasteiger partial charge >= 0.3 is 6.18 Å². The zero-order chi connectivity index (χ0) is 31.1. The molecule has 2 aromatic carbocycles. The maximum atomic E-state index is 14.7. The first-order valence-corrected chi connectivity index (χ1v) is 16.9. The van der Waals surface area contributed by atoms with Crippen molar-refractivity contribution in [2.45, 2.75) is 70.3 Å². The first kappa shape index (κ1) is 30.0. The molecule has 2 aromatic heterocycles. The fourth-order valence-electron chi connectivity index (χ4n) is 7.42. The van der Waals surface area contributed by atoms with Gasteiger partial charge in [-0.2, -0.15) is 13.2 Å². The van der Waals surface area contributed by atoms with Gasteiger partial charge in [0.2, 0.25) is 0 Å². The predicted octanol–water partition coefficient (Wildman–Crippen LogP) is 8.20. The highest BCUT2D eigenvalue weighted by Gasteiger charge is 2.41. The first-order valence-electron chi connectivity index (χ1n) is 16.0. The van der Waals surface area contributed by atoms with Gasteiger partial charge in [0.1, 0.15) is 0 Å². The molecular formula is C35H39F3N6S. The van der Waals surface area contributed by atoms with E-state index in [1.807, 2.05) is 34.8 Å². The highest BCUT2D eigenvalue weighted by molar-refractivity contribution is 7.13. The van der Waals surface area contributed by atoms with E-state index in [9.17, 15) is 13.2 Å². The van der Waals surface area contributed by atoms with E-state index in [1.165, 1.54) is 28.7 Å².